The highest BCUT2D eigenvalue weighted by molar-refractivity contribution is 5.89. The fourth-order valence-electron chi connectivity index (χ4n) is 2.43. The molecule has 0 saturated heterocycles. The molecule has 1 aliphatic carbocycles. The van der Waals surface area contributed by atoms with Gasteiger partial charge in [0.1, 0.15) is 17.0 Å². The summed E-state index contributed by atoms with van der Waals surface area (Å²) in [6.07, 6.45) is 3.46. The Morgan fingerprint density at radius 3 is 2.80 bits per heavy atom. The molecule has 2 aromatic rings. The van der Waals surface area contributed by atoms with Crippen molar-refractivity contribution in [3.05, 3.63) is 41.2 Å². The molecule has 104 valence electrons. The number of aryl methyl sites for hydroxylation is 1. The molecule has 0 spiro atoms. The maximum atomic E-state index is 11.3. The summed E-state index contributed by atoms with van der Waals surface area (Å²) in [5.41, 5.74) is 2.94. The van der Waals surface area contributed by atoms with Crippen molar-refractivity contribution in [2.45, 2.75) is 25.7 Å². The van der Waals surface area contributed by atoms with E-state index in [2.05, 4.69) is 5.10 Å². The third-order valence-electron chi connectivity index (χ3n) is 3.56. The lowest BCUT2D eigenvalue weighted by atomic mass is 10.1. The third-order valence-corrected chi connectivity index (χ3v) is 3.56. The molecule has 0 bridgehead atoms. The van der Waals surface area contributed by atoms with Gasteiger partial charge in [-0.1, -0.05) is 6.07 Å². The monoisotopic (exact) mass is 272 g/mol. The number of aromatic nitrogens is 2. The topological polar surface area (TPSA) is 64.4 Å². The number of aromatic carboxylic acids is 1. The number of hydrogen-bond donors (Lipinski definition) is 1. The Bertz CT molecular complexity index is 672. The van der Waals surface area contributed by atoms with E-state index in [0.717, 1.165) is 29.8 Å². The second kappa shape index (κ2) is 4.67. The number of carboxylic acid groups (broad SMARTS) is 1. The van der Waals surface area contributed by atoms with Crippen LogP contribution in [0.15, 0.2) is 24.4 Å². The summed E-state index contributed by atoms with van der Waals surface area (Å²) in [6.45, 7) is 1.99. The number of methoxy groups -OCH3 is 1. The van der Waals surface area contributed by atoms with Crippen molar-refractivity contribution in [1.82, 2.24) is 9.78 Å². The van der Waals surface area contributed by atoms with Gasteiger partial charge in [0.2, 0.25) is 0 Å². The van der Waals surface area contributed by atoms with Crippen LogP contribution in [-0.4, -0.2) is 28.0 Å². The standard InChI is InChI=1S/C15H16N2O3/c1-9-3-6-13(20-2)12(7-9)17-14(10-4-5-10)11(8-16-17)15(18)19/h3,6-8,10H,4-5H2,1-2H3,(H,18,19). The molecule has 5 nitrogen and oxygen atoms in total. The second-order valence-electron chi connectivity index (χ2n) is 5.11. The highest BCUT2D eigenvalue weighted by atomic mass is 16.5. The lowest BCUT2D eigenvalue weighted by Gasteiger charge is -2.12. The molecule has 0 radical (unpaired) electrons. The van der Waals surface area contributed by atoms with E-state index in [1.807, 2.05) is 25.1 Å². The van der Waals surface area contributed by atoms with Crippen molar-refractivity contribution in [3.8, 4) is 11.4 Å². The minimum absolute atomic E-state index is 0.286. The van der Waals surface area contributed by atoms with Gasteiger partial charge in [0, 0.05) is 5.92 Å². The average molecular weight is 272 g/mol. The Hall–Kier alpha value is -2.30. The first-order valence-corrected chi connectivity index (χ1v) is 6.58. The molecule has 20 heavy (non-hydrogen) atoms. The van der Waals surface area contributed by atoms with Gasteiger partial charge >= 0.3 is 5.97 Å². The largest absolute Gasteiger partial charge is 0.494 e. The van der Waals surface area contributed by atoms with Gasteiger partial charge in [-0.2, -0.15) is 5.10 Å². The van der Waals surface area contributed by atoms with Crippen LogP contribution in [0.5, 0.6) is 5.75 Å². The Kier molecular flexibility index (Phi) is 2.97. The minimum atomic E-state index is -0.926. The Balaban J connectivity index is 2.20. The van der Waals surface area contributed by atoms with Gasteiger partial charge in [0.05, 0.1) is 19.0 Å². The number of ether oxygens (including phenoxy) is 1. The van der Waals surface area contributed by atoms with Gasteiger partial charge in [0.25, 0.3) is 0 Å². The van der Waals surface area contributed by atoms with Crippen LogP contribution < -0.4 is 4.74 Å². The zero-order valence-electron chi connectivity index (χ0n) is 11.5. The van der Waals surface area contributed by atoms with E-state index < -0.39 is 5.97 Å². The smallest absolute Gasteiger partial charge is 0.339 e. The van der Waals surface area contributed by atoms with Crippen LogP contribution in [0.4, 0.5) is 0 Å². The fourth-order valence-corrected chi connectivity index (χ4v) is 2.43. The normalized spacial score (nSPS) is 14.3. The van der Waals surface area contributed by atoms with E-state index in [0.29, 0.717) is 5.75 Å². The van der Waals surface area contributed by atoms with E-state index in [1.165, 1.54) is 6.20 Å². The zero-order chi connectivity index (χ0) is 14.3. The molecular weight excluding hydrogens is 256 g/mol. The molecule has 1 aromatic heterocycles. The molecule has 1 aliphatic rings. The lowest BCUT2D eigenvalue weighted by Crippen LogP contribution is -2.07. The van der Waals surface area contributed by atoms with Crippen molar-refractivity contribution in [2.75, 3.05) is 7.11 Å². The van der Waals surface area contributed by atoms with E-state index in [-0.39, 0.29) is 11.5 Å². The van der Waals surface area contributed by atoms with E-state index >= 15 is 0 Å². The molecule has 1 heterocycles. The molecule has 1 fully saturated rings. The maximum Gasteiger partial charge on any atom is 0.339 e. The van der Waals surface area contributed by atoms with Crippen molar-refractivity contribution in [1.29, 1.82) is 0 Å². The molecule has 3 rings (SSSR count). The van der Waals surface area contributed by atoms with E-state index in [9.17, 15) is 9.90 Å². The van der Waals surface area contributed by atoms with Gasteiger partial charge in [-0.25, -0.2) is 9.48 Å². The molecule has 1 N–H and O–H groups in total. The van der Waals surface area contributed by atoms with E-state index in [4.69, 9.17) is 4.74 Å². The van der Waals surface area contributed by atoms with Crippen molar-refractivity contribution in [3.63, 3.8) is 0 Å². The minimum Gasteiger partial charge on any atom is -0.494 e. The lowest BCUT2D eigenvalue weighted by molar-refractivity contribution is 0.0695. The highest BCUT2D eigenvalue weighted by Crippen LogP contribution is 2.43. The number of benzene rings is 1. The number of nitrogens with zero attached hydrogens (tertiary/aromatic N) is 2. The van der Waals surface area contributed by atoms with Crippen LogP contribution >= 0.6 is 0 Å². The Labute approximate surface area is 116 Å². The summed E-state index contributed by atoms with van der Waals surface area (Å²) in [6, 6.07) is 5.80. The van der Waals surface area contributed by atoms with Gasteiger partial charge in [-0.05, 0) is 37.5 Å². The summed E-state index contributed by atoms with van der Waals surface area (Å²) in [7, 11) is 1.60. The molecule has 1 saturated carbocycles. The van der Waals surface area contributed by atoms with Crippen LogP contribution in [0.2, 0.25) is 0 Å². The summed E-state index contributed by atoms with van der Waals surface area (Å²) < 4.78 is 7.09. The van der Waals surface area contributed by atoms with Gasteiger partial charge in [-0.3, -0.25) is 0 Å². The quantitative estimate of drug-likeness (QED) is 0.929. The van der Waals surface area contributed by atoms with Gasteiger partial charge in [0.15, 0.2) is 0 Å². The van der Waals surface area contributed by atoms with Crippen LogP contribution in [0.1, 0.15) is 40.4 Å². The molecule has 0 aliphatic heterocycles. The first-order valence-electron chi connectivity index (χ1n) is 6.58. The first kappa shape index (κ1) is 12.7. The maximum absolute atomic E-state index is 11.3. The third kappa shape index (κ3) is 2.05. The van der Waals surface area contributed by atoms with Crippen molar-refractivity contribution in [2.24, 2.45) is 0 Å². The van der Waals surface area contributed by atoms with Crippen LogP contribution in [0.3, 0.4) is 0 Å². The zero-order valence-corrected chi connectivity index (χ0v) is 11.5. The number of rotatable bonds is 4. The van der Waals surface area contributed by atoms with E-state index in [1.54, 1.807) is 11.8 Å². The summed E-state index contributed by atoms with van der Waals surface area (Å²) in [5, 5.41) is 13.6. The van der Waals surface area contributed by atoms with Crippen LogP contribution in [0, 0.1) is 6.92 Å². The molecule has 1 aromatic carbocycles. The second-order valence-corrected chi connectivity index (χ2v) is 5.11. The predicted octanol–water partition coefficient (Wildman–Crippen LogP) is 2.76. The van der Waals surface area contributed by atoms with Gasteiger partial charge in [-0.15, -0.1) is 0 Å². The molecule has 0 atom stereocenters. The van der Waals surface area contributed by atoms with Crippen molar-refractivity contribution < 1.29 is 14.6 Å². The predicted molar refractivity (Wildman–Crippen MR) is 73.8 cm³/mol. The highest BCUT2D eigenvalue weighted by Gasteiger charge is 2.33. The Morgan fingerprint density at radius 2 is 2.20 bits per heavy atom. The summed E-state index contributed by atoms with van der Waals surface area (Å²) in [4.78, 5) is 11.3. The fraction of sp³-hybridized carbons (Fsp3) is 0.333. The molecule has 0 unspecified atom stereocenters. The molecule has 5 heteroatoms. The summed E-state index contributed by atoms with van der Waals surface area (Å²) >= 11 is 0. The average Bonchev–Trinajstić information content (AvgIpc) is 3.16. The van der Waals surface area contributed by atoms with Gasteiger partial charge < -0.3 is 9.84 Å². The number of carboxylic acids is 1. The Morgan fingerprint density at radius 1 is 1.45 bits per heavy atom. The first-order chi connectivity index (χ1) is 9.61. The molecule has 0 amide bonds. The van der Waals surface area contributed by atoms with Crippen LogP contribution in [-0.2, 0) is 0 Å². The van der Waals surface area contributed by atoms with Crippen molar-refractivity contribution >= 4 is 5.97 Å². The number of carbonyl (C=O) groups is 1. The number of hydrogen-bond acceptors (Lipinski definition) is 3. The summed E-state index contributed by atoms with van der Waals surface area (Å²) in [5.74, 6) is 0.0520. The van der Waals surface area contributed by atoms with Crippen LogP contribution in [0.25, 0.3) is 5.69 Å². The SMILES string of the molecule is COc1ccc(C)cc1-n1ncc(C(=O)O)c1C1CC1. The molecular formula is C15H16N2O3.